The summed E-state index contributed by atoms with van der Waals surface area (Å²) < 4.78 is 5.94. The van der Waals surface area contributed by atoms with Crippen LogP contribution in [0.1, 0.15) is 52.4 Å². The Labute approximate surface area is 80.8 Å². The van der Waals surface area contributed by atoms with Crippen LogP contribution in [-0.2, 0) is 4.74 Å². The maximum Gasteiger partial charge on any atom is 0.0631 e. The smallest absolute Gasteiger partial charge is 0.0631 e. The molecule has 0 amide bonds. The van der Waals surface area contributed by atoms with Crippen LogP contribution in [0.2, 0.25) is 0 Å². The van der Waals surface area contributed by atoms with Gasteiger partial charge in [-0.25, -0.2) is 0 Å². The van der Waals surface area contributed by atoms with Gasteiger partial charge in [0.2, 0.25) is 0 Å². The molecule has 0 spiro atoms. The molecule has 1 aliphatic carbocycles. The van der Waals surface area contributed by atoms with Gasteiger partial charge in [-0.2, -0.15) is 0 Å². The molecule has 1 aliphatic heterocycles. The highest BCUT2D eigenvalue weighted by molar-refractivity contribution is 4.96. The molecule has 2 nitrogen and oxygen atoms in total. The van der Waals surface area contributed by atoms with E-state index in [0.29, 0.717) is 6.10 Å². The number of hydrogen-bond acceptors (Lipinski definition) is 2. The van der Waals surface area contributed by atoms with Gasteiger partial charge in [0.05, 0.1) is 11.7 Å². The van der Waals surface area contributed by atoms with Crippen LogP contribution in [0, 0.1) is 0 Å². The molecular formula is C11H21NO. The summed E-state index contributed by atoms with van der Waals surface area (Å²) in [5.41, 5.74) is 6.42. The molecule has 76 valence electrons. The number of nitrogens with two attached hydrogens (primary N) is 1. The molecule has 1 unspecified atom stereocenters. The van der Waals surface area contributed by atoms with Gasteiger partial charge in [0, 0.05) is 5.54 Å². The molecule has 13 heavy (non-hydrogen) atoms. The lowest BCUT2D eigenvalue weighted by molar-refractivity contribution is -0.0330. The van der Waals surface area contributed by atoms with E-state index in [1.54, 1.807) is 0 Å². The fraction of sp³-hybridized carbons (Fsp3) is 1.00. The van der Waals surface area contributed by atoms with E-state index in [1.807, 2.05) is 0 Å². The van der Waals surface area contributed by atoms with Gasteiger partial charge < -0.3 is 10.5 Å². The third kappa shape index (κ3) is 2.05. The maximum atomic E-state index is 6.19. The van der Waals surface area contributed by atoms with Crippen molar-refractivity contribution in [2.24, 2.45) is 5.73 Å². The van der Waals surface area contributed by atoms with Crippen LogP contribution in [0.15, 0.2) is 0 Å². The highest BCUT2D eigenvalue weighted by atomic mass is 16.5. The Morgan fingerprint density at radius 1 is 1.31 bits per heavy atom. The summed E-state index contributed by atoms with van der Waals surface area (Å²) in [4.78, 5) is 0. The van der Waals surface area contributed by atoms with Crippen LogP contribution in [0.4, 0.5) is 0 Å². The average Bonchev–Trinajstić information content (AvgIpc) is 2.27. The zero-order chi connectivity index (χ0) is 9.53. The Balaban J connectivity index is 1.83. The standard InChI is InChI=1S/C11H21NO/c1-10(2)7-4-9(13-10)8-11(12)5-3-6-11/h9H,3-8,12H2,1-2H3. The quantitative estimate of drug-likeness (QED) is 0.712. The van der Waals surface area contributed by atoms with Crippen molar-refractivity contribution in [3.63, 3.8) is 0 Å². The van der Waals surface area contributed by atoms with Gasteiger partial charge in [0.15, 0.2) is 0 Å². The molecular weight excluding hydrogens is 162 g/mol. The number of ether oxygens (including phenoxy) is 1. The zero-order valence-electron chi connectivity index (χ0n) is 8.81. The summed E-state index contributed by atoms with van der Waals surface area (Å²) in [6, 6.07) is 0. The van der Waals surface area contributed by atoms with E-state index < -0.39 is 0 Å². The van der Waals surface area contributed by atoms with E-state index in [9.17, 15) is 0 Å². The third-order valence-electron chi connectivity index (χ3n) is 3.54. The summed E-state index contributed by atoms with van der Waals surface area (Å²) in [6.07, 6.45) is 7.61. The lowest BCUT2D eigenvalue weighted by Crippen LogP contribution is -2.49. The summed E-state index contributed by atoms with van der Waals surface area (Å²) >= 11 is 0. The van der Waals surface area contributed by atoms with Crippen LogP contribution >= 0.6 is 0 Å². The minimum Gasteiger partial charge on any atom is -0.372 e. The van der Waals surface area contributed by atoms with Gasteiger partial charge in [0.25, 0.3) is 0 Å². The zero-order valence-corrected chi connectivity index (χ0v) is 8.81. The second-order valence-corrected chi connectivity index (χ2v) is 5.46. The van der Waals surface area contributed by atoms with Gasteiger partial charge in [-0.15, -0.1) is 0 Å². The average molecular weight is 183 g/mol. The molecule has 2 rings (SSSR count). The first-order valence-electron chi connectivity index (χ1n) is 5.46. The van der Waals surface area contributed by atoms with Gasteiger partial charge in [-0.05, 0) is 52.4 Å². The van der Waals surface area contributed by atoms with E-state index in [2.05, 4.69) is 13.8 Å². The van der Waals surface area contributed by atoms with Crippen LogP contribution in [0.3, 0.4) is 0 Å². The van der Waals surface area contributed by atoms with Crippen molar-refractivity contribution in [3.8, 4) is 0 Å². The van der Waals surface area contributed by atoms with Gasteiger partial charge >= 0.3 is 0 Å². The summed E-state index contributed by atoms with van der Waals surface area (Å²) in [5, 5.41) is 0. The molecule has 0 bridgehead atoms. The predicted octanol–water partition coefficient (Wildman–Crippen LogP) is 2.22. The van der Waals surface area contributed by atoms with Gasteiger partial charge in [0.1, 0.15) is 0 Å². The molecule has 1 saturated heterocycles. The normalized spacial score (nSPS) is 35.8. The summed E-state index contributed by atoms with van der Waals surface area (Å²) in [5.74, 6) is 0. The van der Waals surface area contributed by atoms with E-state index >= 15 is 0 Å². The topological polar surface area (TPSA) is 35.2 Å². The van der Waals surface area contributed by atoms with Crippen LogP contribution in [0.25, 0.3) is 0 Å². The summed E-state index contributed by atoms with van der Waals surface area (Å²) in [7, 11) is 0. The first kappa shape index (κ1) is 9.47. The first-order chi connectivity index (χ1) is 5.99. The molecule has 2 heteroatoms. The largest absolute Gasteiger partial charge is 0.372 e. The molecule has 1 saturated carbocycles. The first-order valence-corrected chi connectivity index (χ1v) is 5.46. The Morgan fingerprint density at radius 3 is 2.38 bits per heavy atom. The van der Waals surface area contributed by atoms with Gasteiger partial charge in [-0.1, -0.05) is 0 Å². The minimum atomic E-state index is 0.102. The van der Waals surface area contributed by atoms with Crippen molar-refractivity contribution in [1.29, 1.82) is 0 Å². The second-order valence-electron chi connectivity index (χ2n) is 5.46. The highest BCUT2D eigenvalue weighted by Crippen LogP contribution is 2.39. The SMILES string of the molecule is CC1(C)CCC(CC2(N)CCC2)O1. The fourth-order valence-electron chi connectivity index (χ4n) is 2.51. The lowest BCUT2D eigenvalue weighted by atomic mass is 9.74. The molecule has 0 aromatic heterocycles. The van der Waals surface area contributed by atoms with Crippen molar-refractivity contribution in [3.05, 3.63) is 0 Å². The van der Waals surface area contributed by atoms with E-state index in [0.717, 1.165) is 6.42 Å². The van der Waals surface area contributed by atoms with Crippen LogP contribution < -0.4 is 5.73 Å². The molecule has 2 fully saturated rings. The second kappa shape index (κ2) is 2.96. The number of hydrogen-bond donors (Lipinski definition) is 1. The monoisotopic (exact) mass is 183 g/mol. The third-order valence-corrected chi connectivity index (χ3v) is 3.54. The molecule has 2 aliphatic rings. The van der Waals surface area contributed by atoms with Crippen molar-refractivity contribution in [2.75, 3.05) is 0 Å². The lowest BCUT2D eigenvalue weighted by Gasteiger charge is -2.40. The van der Waals surface area contributed by atoms with Crippen molar-refractivity contribution >= 4 is 0 Å². The molecule has 2 N–H and O–H groups in total. The Kier molecular flexibility index (Phi) is 2.16. The molecule has 0 aromatic carbocycles. The van der Waals surface area contributed by atoms with E-state index in [1.165, 1.54) is 32.1 Å². The predicted molar refractivity (Wildman–Crippen MR) is 53.6 cm³/mol. The molecule has 1 atom stereocenters. The maximum absolute atomic E-state index is 6.19. The van der Waals surface area contributed by atoms with Crippen LogP contribution in [0.5, 0.6) is 0 Å². The summed E-state index contributed by atoms with van der Waals surface area (Å²) in [6.45, 7) is 4.36. The molecule has 0 aromatic rings. The fourth-order valence-corrected chi connectivity index (χ4v) is 2.51. The Hall–Kier alpha value is -0.0800. The highest BCUT2D eigenvalue weighted by Gasteiger charge is 2.39. The number of rotatable bonds is 2. The van der Waals surface area contributed by atoms with Crippen molar-refractivity contribution in [2.45, 2.75) is 69.6 Å². The van der Waals surface area contributed by atoms with Crippen LogP contribution in [-0.4, -0.2) is 17.2 Å². The van der Waals surface area contributed by atoms with E-state index in [-0.39, 0.29) is 11.1 Å². The molecule has 1 heterocycles. The Bertz CT molecular complexity index is 196. The van der Waals surface area contributed by atoms with Crippen molar-refractivity contribution in [1.82, 2.24) is 0 Å². The molecule has 0 radical (unpaired) electrons. The minimum absolute atomic E-state index is 0.102. The Morgan fingerprint density at radius 2 is 2.00 bits per heavy atom. The van der Waals surface area contributed by atoms with E-state index in [4.69, 9.17) is 10.5 Å². The van der Waals surface area contributed by atoms with Gasteiger partial charge in [-0.3, -0.25) is 0 Å². The van der Waals surface area contributed by atoms with Crippen molar-refractivity contribution < 1.29 is 4.74 Å².